The maximum atomic E-state index is 12.7. The second-order valence-corrected chi connectivity index (χ2v) is 5.94. The molecular weight excluding hydrogens is 301 g/mol. The lowest BCUT2D eigenvalue weighted by Gasteiger charge is -2.10. The zero-order chi connectivity index (χ0) is 15.8. The Labute approximate surface area is 123 Å². The first kappa shape index (κ1) is 15.5. The van der Waals surface area contributed by atoms with Crippen LogP contribution in [0.4, 0.5) is 18.9 Å². The highest BCUT2D eigenvalue weighted by atomic mass is 32.1. The number of nitrogens with zero attached hydrogens (tertiary/aromatic N) is 1. The molecule has 21 heavy (non-hydrogen) atoms. The van der Waals surface area contributed by atoms with Crippen LogP contribution in [0.1, 0.15) is 31.5 Å². The fraction of sp³-hybridized carbons (Fsp3) is 0.286. The molecule has 0 bridgehead atoms. The van der Waals surface area contributed by atoms with Crippen molar-refractivity contribution in [2.45, 2.75) is 26.4 Å². The quantitative estimate of drug-likeness (QED) is 0.693. The lowest BCUT2D eigenvalue weighted by atomic mass is 10.0. The average Bonchev–Trinajstić information content (AvgIpc) is 2.67. The normalized spacial score (nSPS) is 11.7. The Kier molecular flexibility index (Phi) is 4.04. The highest BCUT2D eigenvalue weighted by Gasteiger charge is 2.31. The van der Waals surface area contributed by atoms with Gasteiger partial charge < -0.3 is 5.73 Å². The van der Waals surface area contributed by atoms with Gasteiger partial charge in [-0.05, 0) is 32.0 Å². The number of ketones is 1. The minimum atomic E-state index is -4.50. The number of nitrogen functional groups attached to an aromatic ring is 1. The highest BCUT2D eigenvalue weighted by Crippen LogP contribution is 2.31. The van der Waals surface area contributed by atoms with Gasteiger partial charge in [0.1, 0.15) is 5.01 Å². The molecule has 112 valence electrons. The molecule has 0 atom stereocenters. The Balaban J connectivity index is 2.30. The van der Waals surface area contributed by atoms with E-state index < -0.39 is 17.5 Å². The van der Waals surface area contributed by atoms with Gasteiger partial charge in [0.05, 0.1) is 17.7 Å². The summed E-state index contributed by atoms with van der Waals surface area (Å²) in [6, 6.07) is 2.77. The summed E-state index contributed by atoms with van der Waals surface area (Å²) < 4.78 is 38.1. The van der Waals surface area contributed by atoms with Crippen LogP contribution in [0.2, 0.25) is 0 Å². The number of halogens is 3. The van der Waals surface area contributed by atoms with Crippen molar-refractivity contribution in [2.24, 2.45) is 0 Å². The van der Waals surface area contributed by atoms with Gasteiger partial charge in [-0.1, -0.05) is 0 Å². The SMILES string of the molecule is Cc1nc(CC(=O)c2cc(C(F)(F)F)ccc2N)sc1C. The number of anilines is 1. The van der Waals surface area contributed by atoms with Crippen molar-refractivity contribution < 1.29 is 18.0 Å². The summed E-state index contributed by atoms with van der Waals surface area (Å²) >= 11 is 1.36. The number of rotatable bonds is 3. The third-order valence-electron chi connectivity index (χ3n) is 3.07. The average molecular weight is 314 g/mol. The number of hydrogen-bond acceptors (Lipinski definition) is 4. The number of benzene rings is 1. The number of aromatic nitrogens is 1. The summed E-state index contributed by atoms with van der Waals surface area (Å²) in [5.41, 5.74) is 5.48. The Bertz CT molecular complexity index is 673. The molecule has 1 aromatic carbocycles. The number of alkyl halides is 3. The maximum absolute atomic E-state index is 12.7. The predicted octanol–water partition coefficient (Wildman–Crippen LogP) is 3.79. The summed E-state index contributed by atoms with van der Waals surface area (Å²) in [4.78, 5) is 17.3. The lowest BCUT2D eigenvalue weighted by Crippen LogP contribution is -2.11. The van der Waals surface area contributed by atoms with Crippen LogP contribution in [-0.4, -0.2) is 10.8 Å². The van der Waals surface area contributed by atoms with Crippen molar-refractivity contribution in [3.8, 4) is 0 Å². The van der Waals surface area contributed by atoms with Crippen LogP contribution >= 0.6 is 11.3 Å². The second-order valence-electron chi connectivity index (χ2n) is 4.65. The van der Waals surface area contributed by atoms with Crippen LogP contribution in [0.5, 0.6) is 0 Å². The van der Waals surface area contributed by atoms with Crippen molar-refractivity contribution in [3.05, 3.63) is 44.9 Å². The van der Waals surface area contributed by atoms with E-state index >= 15 is 0 Å². The largest absolute Gasteiger partial charge is 0.416 e. The molecule has 0 fully saturated rings. The van der Waals surface area contributed by atoms with Gasteiger partial charge in [-0.2, -0.15) is 13.2 Å². The van der Waals surface area contributed by atoms with Crippen LogP contribution in [-0.2, 0) is 12.6 Å². The number of Topliss-reactive ketones (excluding diaryl/α,β-unsaturated/α-hetero) is 1. The first-order valence-electron chi connectivity index (χ1n) is 6.11. The molecule has 0 aliphatic rings. The van der Waals surface area contributed by atoms with Crippen LogP contribution in [0.25, 0.3) is 0 Å². The number of aryl methyl sites for hydroxylation is 2. The number of carbonyl (C=O) groups excluding carboxylic acids is 1. The molecular formula is C14H13F3N2OS. The summed E-state index contributed by atoms with van der Waals surface area (Å²) in [5, 5.41) is 0.576. The fourth-order valence-corrected chi connectivity index (χ4v) is 2.75. The van der Waals surface area contributed by atoms with Crippen molar-refractivity contribution in [1.29, 1.82) is 0 Å². The van der Waals surface area contributed by atoms with Gasteiger partial charge in [-0.25, -0.2) is 4.98 Å². The lowest BCUT2D eigenvalue weighted by molar-refractivity contribution is -0.137. The Morgan fingerprint density at radius 1 is 1.33 bits per heavy atom. The van der Waals surface area contributed by atoms with Gasteiger partial charge in [0.25, 0.3) is 0 Å². The van der Waals surface area contributed by atoms with E-state index in [0.29, 0.717) is 5.01 Å². The molecule has 0 radical (unpaired) electrons. The minimum Gasteiger partial charge on any atom is -0.398 e. The van der Waals surface area contributed by atoms with E-state index in [4.69, 9.17) is 5.73 Å². The van der Waals surface area contributed by atoms with Gasteiger partial charge in [0.2, 0.25) is 0 Å². The Morgan fingerprint density at radius 3 is 2.52 bits per heavy atom. The third kappa shape index (κ3) is 3.41. The van der Waals surface area contributed by atoms with E-state index in [0.717, 1.165) is 28.8 Å². The molecule has 2 rings (SSSR count). The smallest absolute Gasteiger partial charge is 0.398 e. The summed E-state index contributed by atoms with van der Waals surface area (Å²) in [7, 11) is 0. The molecule has 2 N–H and O–H groups in total. The summed E-state index contributed by atoms with van der Waals surface area (Å²) in [6.45, 7) is 3.69. The summed E-state index contributed by atoms with van der Waals surface area (Å²) in [5.74, 6) is -0.465. The zero-order valence-corrected chi connectivity index (χ0v) is 12.2. The highest BCUT2D eigenvalue weighted by molar-refractivity contribution is 7.11. The van der Waals surface area contributed by atoms with Crippen molar-refractivity contribution in [2.75, 3.05) is 5.73 Å². The van der Waals surface area contributed by atoms with Gasteiger partial charge in [-0.3, -0.25) is 4.79 Å². The Hall–Kier alpha value is -1.89. The topological polar surface area (TPSA) is 56.0 Å². The molecule has 3 nitrogen and oxygen atoms in total. The maximum Gasteiger partial charge on any atom is 0.416 e. The number of nitrogens with two attached hydrogens (primary N) is 1. The van der Waals surface area contributed by atoms with Gasteiger partial charge in [0.15, 0.2) is 5.78 Å². The molecule has 1 heterocycles. The predicted molar refractivity (Wildman–Crippen MR) is 75.5 cm³/mol. The van der Waals surface area contributed by atoms with Crippen molar-refractivity contribution in [3.63, 3.8) is 0 Å². The summed E-state index contributed by atoms with van der Waals surface area (Å²) in [6.07, 6.45) is -4.55. The monoisotopic (exact) mass is 314 g/mol. The number of hydrogen-bond donors (Lipinski definition) is 1. The van der Waals surface area contributed by atoms with E-state index in [2.05, 4.69) is 4.98 Å². The minimum absolute atomic E-state index is 0.0398. The Morgan fingerprint density at radius 2 is 2.00 bits per heavy atom. The van der Waals surface area contributed by atoms with E-state index in [1.165, 1.54) is 11.3 Å². The van der Waals surface area contributed by atoms with Crippen LogP contribution in [0, 0.1) is 13.8 Å². The fourth-order valence-electron chi connectivity index (χ4n) is 1.82. The van der Waals surface area contributed by atoms with Crippen LogP contribution in [0.15, 0.2) is 18.2 Å². The van der Waals surface area contributed by atoms with E-state index in [1.807, 2.05) is 13.8 Å². The number of thiazole rings is 1. The van der Waals surface area contributed by atoms with Crippen molar-refractivity contribution in [1.82, 2.24) is 4.98 Å². The molecule has 0 aliphatic carbocycles. The van der Waals surface area contributed by atoms with Crippen LogP contribution in [0.3, 0.4) is 0 Å². The molecule has 0 saturated heterocycles. The first-order valence-corrected chi connectivity index (χ1v) is 6.93. The molecule has 0 aliphatic heterocycles. The zero-order valence-electron chi connectivity index (χ0n) is 11.4. The molecule has 0 saturated carbocycles. The molecule has 0 amide bonds. The molecule has 7 heteroatoms. The van der Waals surface area contributed by atoms with Gasteiger partial charge in [-0.15, -0.1) is 11.3 Å². The van der Waals surface area contributed by atoms with E-state index in [1.54, 1.807) is 0 Å². The molecule has 0 spiro atoms. The molecule has 0 unspecified atom stereocenters. The van der Waals surface area contributed by atoms with E-state index in [-0.39, 0.29) is 17.7 Å². The first-order chi connectivity index (χ1) is 9.68. The molecule has 2 aromatic rings. The van der Waals surface area contributed by atoms with Crippen molar-refractivity contribution >= 4 is 22.8 Å². The van der Waals surface area contributed by atoms with Crippen LogP contribution < -0.4 is 5.73 Å². The van der Waals surface area contributed by atoms with Gasteiger partial charge >= 0.3 is 6.18 Å². The standard InChI is InChI=1S/C14H13F3N2OS/c1-7-8(2)21-13(19-7)6-12(20)10-5-9(14(15,16)17)3-4-11(10)18/h3-5H,6,18H2,1-2H3. The third-order valence-corrected chi connectivity index (χ3v) is 4.14. The second kappa shape index (κ2) is 5.48. The van der Waals surface area contributed by atoms with E-state index in [9.17, 15) is 18.0 Å². The number of carbonyl (C=O) groups is 1. The van der Waals surface area contributed by atoms with Gasteiger partial charge in [0, 0.05) is 16.1 Å². The molecule has 1 aromatic heterocycles.